The van der Waals surface area contributed by atoms with Crippen LogP contribution in [0.25, 0.3) is 0 Å². The van der Waals surface area contributed by atoms with E-state index in [0.29, 0.717) is 6.61 Å². The Balaban J connectivity index is 2.50. The Labute approximate surface area is 125 Å². The first-order valence-corrected chi connectivity index (χ1v) is 6.47. The molecule has 0 aromatic heterocycles. The van der Waals surface area contributed by atoms with Gasteiger partial charge in [0.05, 0.1) is 18.7 Å². The SMILES string of the molecule is COCC(C)NC(=O)CNC(=O)c1ccc(C(F)(F)F)cc1. The van der Waals surface area contributed by atoms with Gasteiger partial charge >= 0.3 is 6.18 Å². The molecule has 1 unspecified atom stereocenters. The highest BCUT2D eigenvalue weighted by Crippen LogP contribution is 2.28. The maximum atomic E-state index is 12.4. The Morgan fingerprint density at radius 2 is 1.82 bits per heavy atom. The first kappa shape index (κ1) is 18.0. The molecule has 2 N–H and O–H groups in total. The average Bonchev–Trinajstić information content (AvgIpc) is 2.44. The zero-order valence-corrected chi connectivity index (χ0v) is 12.2. The number of hydrogen-bond donors (Lipinski definition) is 2. The summed E-state index contributed by atoms with van der Waals surface area (Å²) in [4.78, 5) is 23.2. The smallest absolute Gasteiger partial charge is 0.383 e. The standard InChI is InChI=1S/C14H17F3N2O3/c1-9(8-22-2)19-12(20)7-18-13(21)10-3-5-11(6-4-10)14(15,16)17/h3-6,9H,7-8H2,1-2H3,(H,18,21)(H,19,20). The second kappa shape index (κ2) is 7.79. The lowest BCUT2D eigenvalue weighted by atomic mass is 10.1. The van der Waals surface area contributed by atoms with Gasteiger partial charge in [-0.15, -0.1) is 0 Å². The molecule has 0 heterocycles. The molecule has 0 radical (unpaired) electrons. The van der Waals surface area contributed by atoms with E-state index >= 15 is 0 Å². The number of halogens is 3. The second-order valence-electron chi connectivity index (χ2n) is 4.68. The number of ether oxygens (including phenoxy) is 1. The molecule has 1 atom stereocenters. The summed E-state index contributed by atoms with van der Waals surface area (Å²) in [5.74, 6) is -1.03. The van der Waals surface area contributed by atoms with Gasteiger partial charge in [-0.3, -0.25) is 9.59 Å². The molecule has 1 aromatic rings. The van der Waals surface area contributed by atoms with Gasteiger partial charge in [-0.1, -0.05) is 0 Å². The van der Waals surface area contributed by atoms with E-state index in [1.807, 2.05) is 0 Å². The van der Waals surface area contributed by atoms with E-state index in [1.54, 1.807) is 6.92 Å². The fourth-order valence-corrected chi connectivity index (χ4v) is 1.69. The van der Waals surface area contributed by atoms with Crippen LogP contribution in [0.2, 0.25) is 0 Å². The number of alkyl halides is 3. The Morgan fingerprint density at radius 3 is 2.32 bits per heavy atom. The molecule has 0 saturated carbocycles. The summed E-state index contributed by atoms with van der Waals surface area (Å²) in [6.07, 6.45) is -4.45. The maximum absolute atomic E-state index is 12.4. The number of carbonyl (C=O) groups excluding carboxylic acids is 2. The van der Waals surface area contributed by atoms with E-state index in [0.717, 1.165) is 24.3 Å². The molecule has 1 aromatic carbocycles. The summed E-state index contributed by atoms with van der Waals surface area (Å²) in [6.45, 7) is 1.80. The highest BCUT2D eigenvalue weighted by Gasteiger charge is 2.30. The predicted octanol–water partition coefficient (Wildman–Crippen LogP) is 1.59. The van der Waals surface area contributed by atoms with Gasteiger partial charge in [0.25, 0.3) is 5.91 Å². The van der Waals surface area contributed by atoms with Crippen molar-refractivity contribution in [2.45, 2.75) is 19.1 Å². The molecule has 1 rings (SSSR count). The van der Waals surface area contributed by atoms with Crippen LogP contribution in [-0.4, -0.2) is 38.1 Å². The molecule has 0 spiro atoms. The molecule has 0 fully saturated rings. The second-order valence-corrected chi connectivity index (χ2v) is 4.68. The van der Waals surface area contributed by atoms with Crippen LogP contribution in [-0.2, 0) is 15.7 Å². The quantitative estimate of drug-likeness (QED) is 0.837. The summed E-state index contributed by atoms with van der Waals surface area (Å²) in [7, 11) is 1.50. The average molecular weight is 318 g/mol. The van der Waals surface area contributed by atoms with Gasteiger partial charge in [-0.25, -0.2) is 0 Å². The Morgan fingerprint density at radius 1 is 1.23 bits per heavy atom. The number of methoxy groups -OCH3 is 1. The van der Waals surface area contributed by atoms with Crippen molar-refractivity contribution in [1.82, 2.24) is 10.6 Å². The lowest BCUT2D eigenvalue weighted by Gasteiger charge is -2.13. The molecule has 0 aliphatic carbocycles. The van der Waals surface area contributed by atoms with Crippen molar-refractivity contribution in [1.29, 1.82) is 0 Å². The Bertz CT molecular complexity index is 515. The minimum atomic E-state index is -4.45. The van der Waals surface area contributed by atoms with E-state index in [4.69, 9.17) is 4.74 Å². The molecule has 0 saturated heterocycles. The fourth-order valence-electron chi connectivity index (χ4n) is 1.69. The molecular formula is C14H17F3N2O3. The van der Waals surface area contributed by atoms with Crippen molar-refractivity contribution in [2.75, 3.05) is 20.3 Å². The zero-order chi connectivity index (χ0) is 16.8. The molecular weight excluding hydrogens is 301 g/mol. The van der Waals surface area contributed by atoms with Crippen molar-refractivity contribution >= 4 is 11.8 Å². The number of nitrogens with one attached hydrogen (secondary N) is 2. The van der Waals surface area contributed by atoms with E-state index in [-0.39, 0.29) is 18.2 Å². The first-order chi connectivity index (χ1) is 10.2. The third kappa shape index (κ3) is 5.72. The van der Waals surface area contributed by atoms with Gasteiger partial charge in [-0.05, 0) is 31.2 Å². The molecule has 5 nitrogen and oxygen atoms in total. The number of hydrogen-bond acceptors (Lipinski definition) is 3. The number of rotatable bonds is 6. The van der Waals surface area contributed by atoms with Crippen LogP contribution in [0.1, 0.15) is 22.8 Å². The van der Waals surface area contributed by atoms with E-state index in [1.165, 1.54) is 7.11 Å². The maximum Gasteiger partial charge on any atom is 0.416 e. The Kier molecular flexibility index (Phi) is 6.36. The summed E-state index contributed by atoms with van der Waals surface area (Å²) in [5, 5.41) is 4.92. The Hall–Kier alpha value is -2.09. The van der Waals surface area contributed by atoms with Gasteiger partial charge in [0.2, 0.25) is 5.91 Å². The molecule has 0 aliphatic rings. The summed E-state index contributed by atoms with van der Waals surface area (Å²) in [5.41, 5.74) is -0.791. The van der Waals surface area contributed by atoms with Gasteiger partial charge < -0.3 is 15.4 Å². The molecule has 2 amide bonds. The van der Waals surface area contributed by atoms with E-state index in [2.05, 4.69) is 10.6 Å². The van der Waals surface area contributed by atoms with Crippen LogP contribution < -0.4 is 10.6 Å². The molecule has 22 heavy (non-hydrogen) atoms. The van der Waals surface area contributed by atoms with Gasteiger partial charge in [0.1, 0.15) is 0 Å². The lowest BCUT2D eigenvalue weighted by Crippen LogP contribution is -2.42. The number of carbonyl (C=O) groups is 2. The number of amides is 2. The molecule has 0 aliphatic heterocycles. The van der Waals surface area contributed by atoms with Crippen LogP contribution in [0.5, 0.6) is 0 Å². The third-order valence-corrected chi connectivity index (χ3v) is 2.71. The van der Waals surface area contributed by atoms with Crippen LogP contribution in [0.3, 0.4) is 0 Å². The lowest BCUT2D eigenvalue weighted by molar-refractivity contribution is -0.137. The largest absolute Gasteiger partial charge is 0.416 e. The van der Waals surface area contributed by atoms with Crippen molar-refractivity contribution in [3.8, 4) is 0 Å². The topological polar surface area (TPSA) is 67.4 Å². The highest BCUT2D eigenvalue weighted by atomic mass is 19.4. The summed E-state index contributed by atoms with van der Waals surface area (Å²) >= 11 is 0. The van der Waals surface area contributed by atoms with Crippen LogP contribution in [0.4, 0.5) is 13.2 Å². The van der Waals surface area contributed by atoms with Gasteiger partial charge in [0.15, 0.2) is 0 Å². The highest BCUT2D eigenvalue weighted by molar-refractivity contribution is 5.96. The monoisotopic (exact) mass is 318 g/mol. The minimum Gasteiger partial charge on any atom is -0.383 e. The van der Waals surface area contributed by atoms with Crippen LogP contribution in [0.15, 0.2) is 24.3 Å². The van der Waals surface area contributed by atoms with Crippen molar-refractivity contribution in [2.24, 2.45) is 0 Å². The van der Waals surface area contributed by atoms with E-state index in [9.17, 15) is 22.8 Å². The van der Waals surface area contributed by atoms with Crippen molar-refractivity contribution in [3.63, 3.8) is 0 Å². The molecule has 0 bridgehead atoms. The third-order valence-electron chi connectivity index (χ3n) is 2.71. The minimum absolute atomic E-state index is 0.0470. The molecule has 8 heteroatoms. The first-order valence-electron chi connectivity index (χ1n) is 6.47. The summed E-state index contributed by atoms with van der Waals surface area (Å²) in [6, 6.07) is 3.54. The summed E-state index contributed by atoms with van der Waals surface area (Å²) < 4.78 is 42.0. The fraction of sp³-hybridized carbons (Fsp3) is 0.429. The normalized spacial score (nSPS) is 12.6. The van der Waals surface area contributed by atoms with Crippen molar-refractivity contribution < 1.29 is 27.5 Å². The van der Waals surface area contributed by atoms with E-state index < -0.39 is 23.6 Å². The predicted molar refractivity (Wildman–Crippen MR) is 73.3 cm³/mol. The van der Waals surface area contributed by atoms with Gasteiger partial charge in [0, 0.05) is 18.7 Å². The van der Waals surface area contributed by atoms with Crippen LogP contribution >= 0.6 is 0 Å². The molecule has 122 valence electrons. The van der Waals surface area contributed by atoms with Crippen molar-refractivity contribution in [3.05, 3.63) is 35.4 Å². The van der Waals surface area contributed by atoms with Crippen LogP contribution in [0, 0.1) is 0 Å². The zero-order valence-electron chi connectivity index (χ0n) is 12.2. The van der Waals surface area contributed by atoms with Gasteiger partial charge in [-0.2, -0.15) is 13.2 Å². The number of benzene rings is 1.